The van der Waals surface area contributed by atoms with E-state index < -0.39 is 11.1 Å². The van der Waals surface area contributed by atoms with Crippen LogP contribution in [0.4, 0.5) is 0 Å². The number of nitrogens with one attached hydrogen (secondary N) is 1. The van der Waals surface area contributed by atoms with Crippen LogP contribution in [0.2, 0.25) is 0 Å². The van der Waals surface area contributed by atoms with Crippen LogP contribution >= 0.6 is 63.7 Å². The first kappa shape index (κ1) is 29.7. The van der Waals surface area contributed by atoms with Gasteiger partial charge in [0.25, 0.3) is 5.91 Å². The van der Waals surface area contributed by atoms with Gasteiger partial charge in [-0.1, -0.05) is 18.2 Å². The number of phenols is 1. The third-order valence-electron chi connectivity index (χ3n) is 7.44. The summed E-state index contributed by atoms with van der Waals surface area (Å²) in [5, 5.41) is 26.5. The quantitative estimate of drug-likeness (QED) is 0.180. The number of hydrogen-bond donors (Lipinski definition) is 3. The molecule has 1 fully saturated rings. The number of carbonyl (C=O) groups excluding carboxylic acids is 1. The number of phenolic OH excluding ortho intramolecular Hbond substituents is 1. The molecule has 0 spiro atoms. The average Bonchev–Trinajstić information content (AvgIpc) is 2.88. The van der Waals surface area contributed by atoms with Gasteiger partial charge in [-0.3, -0.25) is 9.59 Å². The summed E-state index contributed by atoms with van der Waals surface area (Å²) in [6.07, 6.45) is 1.14. The van der Waals surface area contributed by atoms with Crippen molar-refractivity contribution < 1.29 is 19.5 Å². The lowest BCUT2D eigenvalue weighted by Crippen LogP contribution is -2.62. The number of halogens is 4. The van der Waals surface area contributed by atoms with Gasteiger partial charge in [-0.05, 0) is 128 Å². The number of fused-ring (bicyclic) bond motifs is 2. The molecule has 2 aliphatic heterocycles. The fourth-order valence-corrected chi connectivity index (χ4v) is 8.22. The molecular weight excluding hydrogens is 776 g/mol. The Labute approximate surface area is 264 Å². The highest BCUT2D eigenvalue weighted by Gasteiger charge is 2.45. The molecule has 0 saturated carbocycles. The van der Waals surface area contributed by atoms with E-state index in [-0.39, 0.29) is 33.4 Å². The number of benzene rings is 3. The normalized spacial score (nSPS) is 17.4. The van der Waals surface area contributed by atoms with Crippen molar-refractivity contribution in [1.82, 2.24) is 10.4 Å². The molecular formula is C29H26Br4N2O5. The predicted molar refractivity (Wildman–Crippen MR) is 169 cm³/mol. The lowest BCUT2D eigenvalue weighted by atomic mass is 9.79. The number of rotatable bonds is 3. The van der Waals surface area contributed by atoms with Crippen LogP contribution in [0.25, 0.3) is 33.4 Å². The molecule has 0 radical (unpaired) electrons. The summed E-state index contributed by atoms with van der Waals surface area (Å²) < 4.78 is 7.49. The van der Waals surface area contributed by atoms with Crippen LogP contribution in [0.15, 0.2) is 63.5 Å². The maximum atomic E-state index is 13.9. The maximum absolute atomic E-state index is 13.9. The number of nitrogens with zero attached hydrogens (tertiary/aromatic N) is 1. The van der Waals surface area contributed by atoms with E-state index in [4.69, 9.17) is 4.42 Å². The molecule has 2 heterocycles. The Balaban J connectivity index is 1.73. The summed E-state index contributed by atoms with van der Waals surface area (Å²) in [4.78, 5) is 26.7. The van der Waals surface area contributed by atoms with Gasteiger partial charge in [-0.25, -0.2) is 0 Å². The maximum Gasteiger partial charge on any atom is 0.252 e. The van der Waals surface area contributed by atoms with E-state index in [2.05, 4.69) is 69.0 Å². The van der Waals surface area contributed by atoms with Crippen molar-refractivity contribution in [3.05, 3.63) is 70.1 Å². The first-order valence-corrected chi connectivity index (χ1v) is 15.7. The van der Waals surface area contributed by atoms with Gasteiger partial charge in [0.15, 0.2) is 11.3 Å². The smallest absolute Gasteiger partial charge is 0.252 e. The van der Waals surface area contributed by atoms with Crippen molar-refractivity contribution in [2.45, 2.75) is 57.7 Å². The number of hydroxylamine groups is 2. The molecule has 5 rings (SSSR count). The molecule has 0 atom stereocenters. The molecule has 3 aliphatic rings. The van der Waals surface area contributed by atoms with E-state index in [0.29, 0.717) is 59.5 Å². The first-order chi connectivity index (χ1) is 18.6. The standard InChI is InChI=1S/C29H26Br4N2O5/c1-28(2)11-13(12-29(3,4)35(28)39)34-27(38)15-8-6-5-7-14(15)20-16-9-18(30)23(36)21(32)25(16)40-26-17(20)10-19(31)24(37)22(26)33/h5-10,13,36,39H,11-12H2,1-4H3,(H,34,38). The summed E-state index contributed by atoms with van der Waals surface area (Å²) in [5.41, 5.74) is 1.32. The molecule has 3 N–H and O–H groups in total. The Morgan fingerprint density at radius 3 is 2.25 bits per heavy atom. The molecule has 40 heavy (non-hydrogen) atoms. The number of aromatic hydroxyl groups is 1. The van der Waals surface area contributed by atoms with Gasteiger partial charge in [-0.2, -0.15) is 5.06 Å². The highest BCUT2D eigenvalue weighted by Crippen LogP contribution is 2.49. The van der Waals surface area contributed by atoms with E-state index >= 15 is 0 Å². The highest BCUT2D eigenvalue weighted by molar-refractivity contribution is 9.11. The number of piperidine rings is 1. The lowest BCUT2D eigenvalue weighted by molar-refractivity contribution is -0.245. The lowest BCUT2D eigenvalue weighted by Gasteiger charge is -2.51. The van der Waals surface area contributed by atoms with Crippen molar-refractivity contribution in [2.24, 2.45) is 0 Å². The number of hydrogen-bond acceptors (Lipinski definition) is 6. The van der Waals surface area contributed by atoms with Crippen LogP contribution in [0.1, 0.15) is 50.9 Å². The Morgan fingerprint density at radius 1 is 0.975 bits per heavy atom. The minimum Gasteiger partial charge on any atom is -0.505 e. The van der Waals surface area contributed by atoms with E-state index in [1.54, 1.807) is 24.3 Å². The third kappa shape index (κ3) is 4.96. The summed E-state index contributed by atoms with van der Waals surface area (Å²) in [6, 6.07) is 10.5. The molecule has 1 saturated heterocycles. The molecule has 1 aliphatic carbocycles. The summed E-state index contributed by atoms with van der Waals surface area (Å²) in [7, 11) is 0. The third-order valence-corrected chi connectivity index (χ3v) is 10.1. The summed E-state index contributed by atoms with van der Waals surface area (Å²) in [6.45, 7) is 7.82. The minimum absolute atomic E-state index is 0.0522. The fourth-order valence-electron chi connectivity index (χ4n) is 5.82. The molecule has 0 unspecified atom stereocenters. The van der Waals surface area contributed by atoms with Gasteiger partial charge >= 0.3 is 0 Å². The van der Waals surface area contributed by atoms with Crippen LogP contribution in [-0.2, 0) is 0 Å². The minimum atomic E-state index is -0.526. The molecule has 210 valence electrons. The van der Waals surface area contributed by atoms with Gasteiger partial charge < -0.3 is 20.0 Å². The molecule has 2 aromatic carbocycles. The Morgan fingerprint density at radius 2 is 1.60 bits per heavy atom. The van der Waals surface area contributed by atoms with Gasteiger partial charge in [0.2, 0.25) is 5.43 Å². The average molecular weight is 802 g/mol. The summed E-state index contributed by atoms with van der Waals surface area (Å²) >= 11 is 13.6. The zero-order valence-corrected chi connectivity index (χ0v) is 28.4. The van der Waals surface area contributed by atoms with Crippen molar-refractivity contribution in [3.8, 4) is 28.2 Å². The Hall–Kier alpha value is -1.76. The van der Waals surface area contributed by atoms with Crippen LogP contribution in [0.5, 0.6) is 5.75 Å². The molecule has 11 heteroatoms. The largest absolute Gasteiger partial charge is 0.505 e. The van der Waals surface area contributed by atoms with Crippen LogP contribution < -0.4 is 10.7 Å². The van der Waals surface area contributed by atoms with Crippen LogP contribution in [-0.4, -0.2) is 38.4 Å². The first-order valence-electron chi connectivity index (χ1n) is 12.5. The topological polar surface area (TPSA) is 103 Å². The molecule has 1 amide bonds. The van der Waals surface area contributed by atoms with Crippen molar-refractivity contribution in [3.63, 3.8) is 0 Å². The van der Waals surface area contributed by atoms with E-state index in [1.165, 1.54) is 5.06 Å². The SMILES string of the molecule is CC1(C)CC(NC(=O)c2ccccc2-c2c3cc(Br)c(=O)c(Br)c-3oc3c(Br)c(O)c(Br)cc23)CC(C)(C)N1O. The Kier molecular flexibility index (Phi) is 7.80. The predicted octanol–water partition coefficient (Wildman–Crippen LogP) is 8.46. The second-order valence-electron chi connectivity index (χ2n) is 11.3. The van der Waals surface area contributed by atoms with Crippen LogP contribution in [0, 0.1) is 0 Å². The highest BCUT2D eigenvalue weighted by atomic mass is 79.9. The van der Waals surface area contributed by atoms with E-state index in [1.807, 2.05) is 39.8 Å². The van der Waals surface area contributed by atoms with Gasteiger partial charge in [-0.15, -0.1) is 0 Å². The second kappa shape index (κ2) is 10.5. The van der Waals surface area contributed by atoms with E-state index in [9.17, 15) is 19.9 Å². The van der Waals surface area contributed by atoms with E-state index in [0.717, 1.165) is 0 Å². The molecule has 0 bridgehead atoms. The second-order valence-corrected chi connectivity index (χ2v) is 14.6. The molecule has 2 aromatic rings. The monoisotopic (exact) mass is 798 g/mol. The summed E-state index contributed by atoms with van der Waals surface area (Å²) in [5.74, 6) is -0.0214. The van der Waals surface area contributed by atoms with Crippen molar-refractivity contribution in [1.29, 1.82) is 0 Å². The van der Waals surface area contributed by atoms with Gasteiger partial charge in [0.1, 0.15) is 14.7 Å². The number of amides is 1. The Bertz CT molecular complexity index is 1700. The van der Waals surface area contributed by atoms with Crippen molar-refractivity contribution in [2.75, 3.05) is 0 Å². The van der Waals surface area contributed by atoms with Gasteiger partial charge in [0, 0.05) is 39.2 Å². The zero-order chi connectivity index (χ0) is 29.3. The van der Waals surface area contributed by atoms with Crippen LogP contribution in [0.3, 0.4) is 0 Å². The fraction of sp³-hybridized carbons (Fsp3) is 0.310. The number of carbonyl (C=O) groups is 1. The molecule has 0 aromatic heterocycles. The molecule has 7 nitrogen and oxygen atoms in total. The van der Waals surface area contributed by atoms with Gasteiger partial charge in [0.05, 0.1) is 8.95 Å². The van der Waals surface area contributed by atoms with Crippen molar-refractivity contribution >= 4 is 80.6 Å². The zero-order valence-electron chi connectivity index (χ0n) is 22.0.